The van der Waals surface area contributed by atoms with E-state index in [2.05, 4.69) is 334 Å². The lowest BCUT2D eigenvalue weighted by atomic mass is 9.67. The minimum atomic E-state index is -0.479. The van der Waals surface area contributed by atoms with E-state index in [0.717, 1.165) is 111 Å². The first-order valence-electron chi connectivity index (χ1n) is 41.3. The van der Waals surface area contributed by atoms with Crippen molar-refractivity contribution < 1.29 is 0 Å². The van der Waals surface area contributed by atoms with E-state index in [-0.39, 0.29) is 0 Å². The van der Waals surface area contributed by atoms with Gasteiger partial charge in [-0.25, -0.2) is 34.9 Å². The van der Waals surface area contributed by atoms with E-state index in [4.69, 9.17) is 34.9 Å². The molecule has 0 fully saturated rings. The fourth-order valence-electron chi connectivity index (χ4n) is 19.5. The molecule has 25 rings (SSSR count). The molecule has 4 aliphatic rings. The van der Waals surface area contributed by atoms with Crippen LogP contribution in [0.5, 0.6) is 0 Å². The van der Waals surface area contributed by atoms with Gasteiger partial charge in [-0.15, -0.1) is 0 Å². The van der Waals surface area contributed by atoms with Gasteiger partial charge in [0, 0.05) is 85.6 Å². The zero-order chi connectivity index (χ0) is 80.4. The molecule has 0 saturated heterocycles. The van der Waals surface area contributed by atoms with Crippen molar-refractivity contribution in [2.75, 3.05) is 0 Å². The summed E-state index contributed by atoms with van der Waals surface area (Å²) in [6.07, 6.45) is 0. The molecule has 7 nitrogen and oxygen atoms in total. The van der Waals surface area contributed by atoms with Crippen molar-refractivity contribution in [1.82, 2.24) is 34.9 Å². The van der Waals surface area contributed by atoms with Crippen molar-refractivity contribution in [3.8, 4) is 124 Å². The van der Waals surface area contributed by atoms with Gasteiger partial charge in [0.1, 0.15) is 0 Å². The summed E-state index contributed by atoms with van der Waals surface area (Å²) >= 11 is 3.74. The second-order valence-electron chi connectivity index (χ2n) is 31.6. The topological polar surface area (TPSA) is 90.2 Å². The van der Waals surface area contributed by atoms with Gasteiger partial charge in [-0.3, -0.25) is 0 Å². The largest absolute Gasteiger partial charge is 0.247 e. The summed E-state index contributed by atoms with van der Waals surface area (Å²) in [7, 11) is 0. The Morgan fingerprint density at radius 2 is 0.475 bits per heavy atom. The van der Waals surface area contributed by atoms with E-state index in [1.54, 1.807) is 0 Å². The third kappa shape index (κ3) is 11.4. The maximum Gasteiger partial charge on any atom is 0.164 e. The standard InChI is InChI=1S/C60H37N3S.C53H32N4S/c1-4-17-38(18-5-1)53-37-54(63-59(62-53)40-21-8-3-9-22-40)43-24-16-23-41(33-43)42-31-32-46-47-35-52-57(36-48(47)58(61-55(46)34-42)39-19-6-2-7-20-39)64-56-30-15-14-29-51(56)60(52)49-27-12-10-25-44(49)45-26-11-13-28-50(45)60;1-4-16-33(17-5-1)49-41-32-48-45(53(44-26-14-15-27-47(44)58-48)42-24-12-10-22-37(42)38-23-11-13-25-43(38)53)31-40(41)39-29-28-36(30-46(39)54-49)52-56-50(34-18-6-2-7-19-34)55-51(57-52)35-20-8-3-9-21-35/h1-37H;1-32H. The van der Waals surface area contributed by atoms with Gasteiger partial charge in [0.2, 0.25) is 0 Å². The van der Waals surface area contributed by atoms with E-state index in [9.17, 15) is 0 Å². The predicted octanol–water partition coefficient (Wildman–Crippen LogP) is 28.4. The Morgan fingerprint density at radius 3 is 0.902 bits per heavy atom. The van der Waals surface area contributed by atoms with Crippen LogP contribution in [0.15, 0.2) is 438 Å². The molecule has 0 unspecified atom stereocenters. The molecule has 0 saturated carbocycles. The highest BCUT2D eigenvalue weighted by Gasteiger charge is 2.52. The second-order valence-corrected chi connectivity index (χ2v) is 33.8. The lowest BCUT2D eigenvalue weighted by Crippen LogP contribution is -2.32. The first-order valence-corrected chi connectivity index (χ1v) is 42.9. The van der Waals surface area contributed by atoms with Crippen LogP contribution in [-0.4, -0.2) is 34.9 Å². The van der Waals surface area contributed by atoms with Gasteiger partial charge in [0.25, 0.3) is 0 Å². The predicted molar refractivity (Wildman–Crippen MR) is 499 cm³/mol. The van der Waals surface area contributed by atoms with Crippen molar-refractivity contribution in [2.45, 2.75) is 30.4 Å². The van der Waals surface area contributed by atoms with Crippen LogP contribution in [-0.2, 0) is 10.8 Å². The van der Waals surface area contributed by atoms with E-state index in [1.165, 1.54) is 97.1 Å². The van der Waals surface area contributed by atoms with Gasteiger partial charge in [0.15, 0.2) is 23.3 Å². The van der Waals surface area contributed by atoms with Crippen LogP contribution < -0.4 is 0 Å². The van der Waals surface area contributed by atoms with Gasteiger partial charge in [0.05, 0.1) is 44.6 Å². The molecule has 2 aliphatic heterocycles. The fourth-order valence-corrected chi connectivity index (χ4v) is 21.9. The Morgan fingerprint density at radius 1 is 0.164 bits per heavy atom. The van der Waals surface area contributed by atoms with Gasteiger partial charge >= 0.3 is 0 Å². The molecule has 4 aromatic heterocycles. The minimum absolute atomic E-state index is 0.469. The Kier molecular flexibility index (Phi) is 16.8. The molecule has 2 spiro atoms. The molecule has 0 amide bonds. The zero-order valence-corrected chi connectivity index (χ0v) is 67.4. The van der Waals surface area contributed by atoms with Crippen LogP contribution in [0.1, 0.15) is 44.5 Å². The highest BCUT2D eigenvalue weighted by Crippen LogP contribution is 2.65. The zero-order valence-electron chi connectivity index (χ0n) is 65.8. The molecule has 9 heteroatoms. The number of fused-ring (bicyclic) bond motifs is 24. The van der Waals surface area contributed by atoms with Gasteiger partial charge < -0.3 is 0 Å². The van der Waals surface area contributed by atoms with Crippen LogP contribution in [0.25, 0.3) is 167 Å². The number of hydrogen-bond donors (Lipinski definition) is 0. The average molecular weight is 1590 g/mol. The number of aromatic nitrogens is 7. The smallest absolute Gasteiger partial charge is 0.164 e. The number of hydrogen-bond acceptors (Lipinski definition) is 9. The van der Waals surface area contributed by atoms with Crippen LogP contribution in [0, 0.1) is 0 Å². The summed E-state index contributed by atoms with van der Waals surface area (Å²) in [6, 6.07) is 150. The Balaban J connectivity index is 0.000000139. The van der Waals surface area contributed by atoms with Crippen molar-refractivity contribution >= 4 is 66.9 Å². The summed E-state index contributed by atoms with van der Waals surface area (Å²) in [5, 5.41) is 6.87. The molecule has 0 N–H and O–H groups in total. The molecule has 0 bridgehead atoms. The normalized spacial score (nSPS) is 13.1. The van der Waals surface area contributed by atoms with Gasteiger partial charge in [-0.2, -0.15) is 0 Å². The molecule has 21 aromatic rings. The quantitative estimate of drug-likeness (QED) is 0.131. The van der Waals surface area contributed by atoms with E-state index >= 15 is 0 Å². The van der Waals surface area contributed by atoms with Gasteiger partial charge in [-0.1, -0.05) is 381 Å². The Hall–Kier alpha value is -15.1. The molecule has 2 aliphatic carbocycles. The molecular weight excluding hydrogens is 1520 g/mol. The van der Waals surface area contributed by atoms with E-state index in [1.807, 2.05) is 108 Å². The number of benzene rings is 17. The maximum atomic E-state index is 5.55. The van der Waals surface area contributed by atoms with Crippen LogP contribution in [0.3, 0.4) is 0 Å². The van der Waals surface area contributed by atoms with E-state index in [0.29, 0.717) is 23.3 Å². The number of rotatable bonds is 9. The highest BCUT2D eigenvalue weighted by atomic mass is 32.2. The highest BCUT2D eigenvalue weighted by molar-refractivity contribution is 7.99. The fraction of sp³-hybridized carbons (Fsp3) is 0.0177. The van der Waals surface area contributed by atoms with Crippen molar-refractivity contribution in [3.05, 3.63) is 463 Å². The van der Waals surface area contributed by atoms with Crippen LogP contribution >= 0.6 is 23.5 Å². The number of pyridine rings is 2. The lowest BCUT2D eigenvalue weighted by Gasteiger charge is -2.40. The molecule has 6 heterocycles. The molecule has 17 aromatic carbocycles. The van der Waals surface area contributed by atoms with Crippen molar-refractivity contribution in [3.63, 3.8) is 0 Å². The molecular formula is C113H69N7S2. The maximum absolute atomic E-state index is 5.55. The molecule has 568 valence electrons. The van der Waals surface area contributed by atoms with Crippen molar-refractivity contribution in [2.24, 2.45) is 0 Å². The first kappa shape index (κ1) is 71.0. The summed E-state index contributed by atoms with van der Waals surface area (Å²) in [4.78, 5) is 41.4. The molecule has 0 radical (unpaired) electrons. The average Bonchev–Trinajstić information content (AvgIpc) is 1.49. The third-order valence-electron chi connectivity index (χ3n) is 24.9. The molecule has 0 atom stereocenters. The van der Waals surface area contributed by atoms with Crippen LogP contribution in [0.4, 0.5) is 0 Å². The summed E-state index contributed by atoms with van der Waals surface area (Å²) in [5.41, 5.74) is 30.6. The van der Waals surface area contributed by atoms with Crippen molar-refractivity contribution in [1.29, 1.82) is 0 Å². The first-order chi connectivity index (χ1) is 60.4. The van der Waals surface area contributed by atoms with Gasteiger partial charge in [-0.05, 0) is 149 Å². The Bertz CT molecular complexity index is 7610. The second kappa shape index (κ2) is 28.9. The molecule has 122 heavy (non-hydrogen) atoms. The minimum Gasteiger partial charge on any atom is -0.247 e. The SMILES string of the molecule is c1ccc(-c2cc(-c3cccc(-c4ccc5c(c4)nc(-c4ccccc4)c4cc6c(cc45)C4(c5ccccc5S6)c5ccccc5-c5ccccc54)c3)nc(-c3ccccc3)n2)cc1.c1ccc(-c2nc(-c3ccccc3)nc(-c3ccc4c(c3)nc(-c3ccccc3)c3cc5c(cc34)C3(c4ccccc4S5)c4ccccc4-c4ccccc43)n2)cc1. The summed E-state index contributed by atoms with van der Waals surface area (Å²) < 4.78 is 0. The summed E-state index contributed by atoms with van der Waals surface area (Å²) in [5.74, 6) is 2.57. The van der Waals surface area contributed by atoms with E-state index < -0.39 is 10.8 Å². The summed E-state index contributed by atoms with van der Waals surface area (Å²) in [6.45, 7) is 0. The number of nitrogens with zero attached hydrogens (tertiary/aromatic N) is 7. The third-order valence-corrected chi connectivity index (χ3v) is 27.2. The van der Waals surface area contributed by atoms with Crippen LogP contribution in [0.2, 0.25) is 0 Å². The Labute approximate surface area is 714 Å². The lowest BCUT2D eigenvalue weighted by molar-refractivity contribution is 0.724. The monoisotopic (exact) mass is 1590 g/mol.